The van der Waals surface area contributed by atoms with Gasteiger partial charge in [-0.05, 0) is 29.9 Å². The van der Waals surface area contributed by atoms with Gasteiger partial charge < -0.3 is 5.32 Å². The first-order valence-electron chi connectivity index (χ1n) is 10.7. The molecular weight excluding hydrogens is 463 g/mol. The highest BCUT2D eigenvalue weighted by Crippen LogP contribution is 2.36. The Balaban J connectivity index is 1.47. The summed E-state index contributed by atoms with van der Waals surface area (Å²) in [4.78, 5) is 21.2. The van der Waals surface area contributed by atoms with Gasteiger partial charge in [-0.2, -0.15) is 13.5 Å². The van der Waals surface area contributed by atoms with Gasteiger partial charge >= 0.3 is 10.3 Å². The van der Waals surface area contributed by atoms with Crippen LogP contribution in [0, 0.1) is 11.8 Å². The number of aromatic nitrogens is 4. The molecule has 4 atom stereocenters. The molecule has 1 saturated carbocycles. The van der Waals surface area contributed by atoms with E-state index >= 15 is 0 Å². The fraction of sp³-hybridized carbons (Fsp3) is 0.364. The highest BCUT2D eigenvalue weighted by Gasteiger charge is 2.42. The first kappa shape index (κ1) is 23.9. The van der Waals surface area contributed by atoms with E-state index in [4.69, 9.17) is 5.14 Å². The van der Waals surface area contributed by atoms with E-state index in [2.05, 4.69) is 24.6 Å². The maximum Gasteiger partial charge on any atom is 0.333 e. The molecule has 10 nitrogen and oxygen atoms in total. The minimum atomic E-state index is -4.11. The van der Waals surface area contributed by atoms with Crippen LogP contribution in [0.4, 0.5) is 10.2 Å². The Morgan fingerprint density at radius 2 is 2.06 bits per heavy atom. The summed E-state index contributed by atoms with van der Waals surface area (Å²) in [6.45, 7) is 1.97. The lowest BCUT2D eigenvalue weighted by atomic mass is 9.99. The lowest BCUT2D eigenvalue weighted by Gasteiger charge is -2.18. The zero-order chi connectivity index (χ0) is 24.3. The second-order valence-electron chi connectivity index (χ2n) is 8.33. The number of nitrogens with zero attached hydrogens (tertiary/aromatic N) is 4. The number of ketones is 1. The first-order chi connectivity index (χ1) is 16.2. The molecule has 2 aromatic heterocycles. The van der Waals surface area contributed by atoms with Crippen LogP contribution in [-0.2, 0) is 21.0 Å². The minimum Gasteiger partial charge on any atom is -0.364 e. The average Bonchev–Trinajstić information content (AvgIpc) is 3.38. The second kappa shape index (κ2) is 9.95. The van der Waals surface area contributed by atoms with Gasteiger partial charge in [0.15, 0.2) is 0 Å². The molecule has 1 aliphatic rings. The summed E-state index contributed by atoms with van der Waals surface area (Å²) < 4.78 is 43.5. The molecule has 2 heterocycles. The molecule has 1 fully saturated rings. The molecule has 1 aliphatic carbocycles. The minimum absolute atomic E-state index is 0.163. The van der Waals surface area contributed by atoms with Gasteiger partial charge in [0.25, 0.3) is 0 Å². The van der Waals surface area contributed by atoms with Gasteiger partial charge in [0.2, 0.25) is 5.78 Å². The van der Waals surface area contributed by atoms with Crippen molar-refractivity contribution in [2.45, 2.75) is 32.1 Å². The molecule has 1 aromatic carbocycles. The van der Waals surface area contributed by atoms with Crippen molar-refractivity contribution < 1.29 is 21.8 Å². The van der Waals surface area contributed by atoms with Crippen LogP contribution in [0.1, 0.15) is 35.0 Å². The maximum absolute atomic E-state index is 15.0. The quantitative estimate of drug-likeness (QED) is 0.435. The van der Waals surface area contributed by atoms with Gasteiger partial charge in [0.05, 0.1) is 24.8 Å². The monoisotopic (exact) mass is 488 g/mol. The molecule has 0 amide bonds. The number of hydrogen-bond donors (Lipinski definition) is 2. The van der Waals surface area contributed by atoms with E-state index in [1.165, 1.54) is 12.5 Å². The molecule has 0 spiro atoms. The van der Waals surface area contributed by atoms with E-state index in [-0.39, 0.29) is 36.0 Å². The number of halogens is 1. The van der Waals surface area contributed by atoms with Crippen LogP contribution >= 0.6 is 0 Å². The summed E-state index contributed by atoms with van der Waals surface area (Å²) in [7, 11) is -4.11. The molecule has 3 N–H and O–H groups in total. The van der Waals surface area contributed by atoms with Crippen LogP contribution in [0.25, 0.3) is 0 Å². The van der Waals surface area contributed by atoms with Crippen molar-refractivity contribution in [3.63, 3.8) is 0 Å². The number of benzene rings is 1. The summed E-state index contributed by atoms with van der Waals surface area (Å²) >= 11 is 0. The van der Waals surface area contributed by atoms with Gasteiger partial charge in [-0.15, -0.1) is 0 Å². The van der Waals surface area contributed by atoms with Crippen LogP contribution < -0.4 is 10.5 Å². The Morgan fingerprint density at radius 1 is 1.29 bits per heavy atom. The summed E-state index contributed by atoms with van der Waals surface area (Å²) in [5.74, 6) is -1.06. The third-order valence-electron chi connectivity index (χ3n) is 5.97. The Morgan fingerprint density at radius 3 is 2.79 bits per heavy atom. The van der Waals surface area contributed by atoms with Crippen molar-refractivity contribution in [3.8, 4) is 0 Å². The Labute approximate surface area is 196 Å². The maximum atomic E-state index is 15.0. The lowest BCUT2D eigenvalue weighted by Crippen LogP contribution is -2.29. The first-order valence-corrected chi connectivity index (χ1v) is 12.2. The summed E-state index contributed by atoms with van der Waals surface area (Å²) in [5.41, 5.74) is 1.42. The highest BCUT2D eigenvalue weighted by molar-refractivity contribution is 7.84. The van der Waals surface area contributed by atoms with Crippen LogP contribution in [0.3, 0.4) is 0 Å². The van der Waals surface area contributed by atoms with Crippen LogP contribution in [0.15, 0.2) is 55.1 Å². The largest absolute Gasteiger partial charge is 0.364 e. The van der Waals surface area contributed by atoms with E-state index in [0.717, 1.165) is 5.56 Å². The van der Waals surface area contributed by atoms with Crippen LogP contribution in [-0.4, -0.2) is 52.8 Å². The standard InChI is InChI=1S/C22H25FN6O4S/c1-14-16(12-33-34(24,31)32)9-19(20(14)23)27-22-17(10-25-13-26-22)21(30)18-7-8-29(28-18)11-15-5-3-2-4-6-15/h2-8,10,13-14,16,19-20H,9,11-12H2,1H3,(H2,24,31,32)(H,25,26,27)/t14-,16-,19-,20+/m1/s1. The molecule has 4 rings (SSSR count). The number of anilines is 1. The van der Waals surface area contributed by atoms with Crippen molar-refractivity contribution in [2.75, 3.05) is 11.9 Å². The number of hydrogen-bond acceptors (Lipinski definition) is 8. The van der Waals surface area contributed by atoms with Gasteiger partial charge in [-0.3, -0.25) is 13.7 Å². The molecule has 0 radical (unpaired) electrons. The Bertz CT molecular complexity index is 1250. The van der Waals surface area contributed by atoms with E-state index in [1.807, 2.05) is 30.3 Å². The zero-order valence-electron chi connectivity index (χ0n) is 18.4. The predicted octanol–water partition coefficient (Wildman–Crippen LogP) is 1.95. The van der Waals surface area contributed by atoms with E-state index in [0.29, 0.717) is 6.54 Å². The van der Waals surface area contributed by atoms with Crippen molar-refractivity contribution in [1.82, 2.24) is 19.7 Å². The van der Waals surface area contributed by atoms with Crippen molar-refractivity contribution in [2.24, 2.45) is 17.0 Å². The Kier molecular flexibility index (Phi) is 7.00. The molecule has 0 unspecified atom stereocenters. The number of alkyl halides is 1. The molecule has 3 aromatic rings. The number of carbonyl (C=O) groups is 1. The van der Waals surface area contributed by atoms with Crippen molar-refractivity contribution in [1.29, 1.82) is 0 Å². The van der Waals surface area contributed by atoms with E-state index in [9.17, 15) is 17.6 Å². The van der Waals surface area contributed by atoms with Crippen molar-refractivity contribution in [3.05, 3.63) is 71.9 Å². The average molecular weight is 489 g/mol. The normalized spacial score (nSPS) is 22.6. The van der Waals surface area contributed by atoms with Crippen LogP contribution in [0.2, 0.25) is 0 Å². The number of nitrogens with two attached hydrogens (primary N) is 1. The van der Waals surface area contributed by atoms with Gasteiger partial charge in [0.1, 0.15) is 24.0 Å². The zero-order valence-corrected chi connectivity index (χ0v) is 19.2. The number of carbonyl (C=O) groups excluding carboxylic acids is 1. The topological polar surface area (TPSA) is 142 Å². The Hall–Kier alpha value is -3.22. The molecule has 34 heavy (non-hydrogen) atoms. The number of rotatable bonds is 9. The highest BCUT2D eigenvalue weighted by atomic mass is 32.2. The van der Waals surface area contributed by atoms with Gasteiger partial charge in [-0.25, -0.2) is 19.5 Å². The molecular formula is C22H25FN6O4S. The smallest absolute Gasteiger partial charge is 0.333 e. The summed E-state index contributed by atoms with van der Waals surface area (Å²) in [6, 6.07) is 10.6. The van der Waals surface area contributed by atoms with Gasteiger partial charge in [0, 0.05) is 12.4 Å². The molecule has 0 saturated heterocycles. The fourth-order valence-electron chi connectivity index (χ4n) is 4.10. The third-order valence-corrected chi connectivity index (χ3v) is 6.44. The molecule has 12 heteroatoms. The second-order valence-corrected chi connectivity index (χ2v) is 9.55. The van der Waals surface area contributed by atoms with Crippen molar-refractivity contribution >= 4 is 21.9 Å². The molecule has 180 valence electrons. The molecule has 0 aliphatic heterocycles. The number of nitrogens with one attached hydrogen (secondary N) is 1. The fourth-order valence-corrected chi connectivity index (χ4v) is 4.47. The van der Waals surface area contributed by atoms with Gasteiger partial charge in [-0.1, -0.05) is 37.3 Å². The van der Waals surface area contributed by atoms with E-state index < -0.39 is 34.2 Å². The summed E-state index contributed by atoms with van der Waals surface area (Å²) in [5, 5.41) is 12.2. The van der Waals surface area contributed by atoms with Crippen LogP contribution in [0.5, 0.6) is 0 Å². The third kappa shape index (κ3) is 5.64. The molecule has 0 bridgehead atoms. The summed E-state index contributed by atoms with van der Waals surface area (Å²) in [6.07, 6.45) is 3.31. The predicted molar refractivity (Wildman–Crippen MR) is 122 cm³/mol. The SMILES string of the molecule is C[C@@H]1[C@@H](COS(N)(=O)=O)C[C@@H](Nc2ncncc2C(=O)c2ccn(Cc3ccccc3)n2)[C@H]1F. The lowest BCUT2D eigenvalue weighted by molar-refractivity contribution is 0.103. The van der Waals surface area contributed by atoms with E-state index in [1.54, 1.807) is 23.9 Å².